The van der Waals surface area contributed by atoms with Gasteiger partial charge in [-0.1, -0.05) is 35.3 Å². The molecule has 30 heavy (non-hydrogen) atoms. The normalized spacial score (nSPS) is 13.9. The molecule has 0 radical (unpaired) electrons. The van der Waals surface area contributed by atoms with Gasteiger partial charge in [0.1, 0.15) is 17.2 Å². The van der Waals surface area contributed by atoms with Crippen LogP contribution < -0.4 is 10.1 Å². The van der Waals surface area contributed by atoms with Crippen molar-refractivity contribution >= 4 is 46.3 Å². The number of nitrogens with zero attached hydrogens (tertiary/aromatic N) is 1. The number of anilines is 1. The third-order valence-electron chi connectivity index (χ3n) is 4.62. The molecule has 0 spiro atoms. The van der Waals surface area contributed by atoms with Gasteiger partial charge in [0.25, 0.3) is 11.8 Å². The second kappa shape index (κ2) is 8.26. The largest absolute Gasteiger partial charge is 0.495 e. The van der Waals surface area contributed by atoms with Gasteiger partial charge in [-0.25, -0.2) is 0 Å². The van der Waals surface area contributed by atoms with E-state index in [0.717, 1.165) is 4.90 Å². The molecule has 1 aliphatic heterocycles. The van der Waals surface area contributed by atoms with Crippen molar-refractivity contribution in [3.05, 3.63) is 87.9 Å². The molecule has 8 heteroatoms. The Balaban J connectivity index is 1.74. The van der Waals surface area contributed by atoms with Crippen LogP contribution in [0.2, 0.25) is 10.0 Å². The molecule has 0 saturated carbocycles. The lowest BCUT2D eigenvalue weighted by molar-refractivity contribution is -0.137. The summed E-state index contributed by atoms with van der Waals surface area (Å²) >= 11 is 12.2. The fourth-order valence-electron chi connectivity index (χ4n) is 3.17. The van der Waals surface area contributed by atoms with Gasteiger partial charge in [0.2, 0.25) is 0 Å². The van der Waals surface area contributed by atoms with Crippen molar-refractivity contribution in [2.45, 2.75) is 6.54 Å². The second-order valence-electron chi connectivity index (χ2n) is 6.51. The van der Waals surface area contributed by atoms with E-state index >= 15 is 0 Å². The van der Waals surface area contributed by atoms with Crippen molar-refractivity contribution in [2.75, 3.05) is 12.4 Å². The van der Waals surface area contributed by atoms with Crippen LogP contribution in [0, 0.1) is 0 Å². The minimum absolute atomic E-state index is 0.0241. The average Bonchev–Trinajstić information content (AvgIpc) is 3.32. The number of methoxy groups -OCH3 is 1. The van der Waals surface area contributed by atoms with Gasteiger partial charge in [-0.15, -0.1) is 0 Å². The number of carbonyl (C=O) groups is 2. The van der Waals surface area contributed by atoms with E-state index in [1.54, 1.807) is 54.6 Å². The Morgan fingerprint density at radius 1 is 1.03 bits per heavy atom. The molecule has 6 nitrogen and oxygen atoms in total. The molecule has 0 aliphatic carbocycles. The standard InChI is InChI=1S/C22H16Cl2N2O4/c1-29-18-9-8-15(11-17(18)24)25-20-19(13-4-6-14(23)7-5-13)21(27)26(22(20)28)12-16-3-2-10-30-16/h2-11,25H,12H2,1H3. The number of imide groups is 1. The van der Waals surface area contributed by atoms with E-state index in [2.05, 4.69) is 5.32 Å². The summed E-state index contributed by atoms with van der Waals surface area (Å²) in [5.41, 5.74) is 1.51. The predicted molar refractivity (Wildman–Crippen MR) is 114 cm³/mol. The Bertz CT molecular complexity index is 1140. The zero-order valence-corrected chi connectivity index (χ0v) is 17.3. The molecule has 0 atom stereocenters. The van der Waals surface area contributed by atoms with Crippen molar-refractivity contribution in [3.63, 3.8) is 0 Å². The van der Waals surface area contributed by atoms with E-state index < -0.39 is 11.8 Å². The minimum Gasteiger partial charge on any atom is -0.495 e. The zero-order valence-electron chi connectivity index (χ0n) is 15.8. The Hall–Kier alpha value is -3.22. The van der Waals surface area contributed by atoms with Gasteiger partial charge in [-0.2, -0.15) is 0 Å². The van der Waals surface area contributed by atoms with Crippen LogP contribution in [0.3, 0.4) is 0 Å². The molecule has 152 valence electrons. The predicted octanol–water partition coefficient (Wildman–Crippen LogP) is 4.99. The molecule has 3 aromatic rings. The highest BCUT2D eigenvalue weighted by Gasteiger charge is 2.39. The third kappa shape index (κ3) is 3.79. The Morgan fingerprint density at radius 2 is 1.80 bits per heavy atom. The molecular weight excluding hydrogens is 427 g/mol. The van der Waals surface area contributed by atoms with Crippen LogP contribution >= 0.6 is 23.2 Å². The van der Waals surface area contributed by atoms with Crippen LogP contribution in [-0.4, -0.2) is 23.8 Å². The zero-order chi connectivity index (χ0) is 21.3. The number of benzene rings is 2. The molecule has 0 bridgehead atoms. The maximum Gasteiger partial charge on any atom is 0.278 e. The first-order valence-corrected chi connectivity index (χ1v) is 9.73. The average molecular weight is 443 g/mol. The third-order valence-corrected chi connectivity index (χ3v) is 5.16. The summed E-state index contributed by atoms with van der Waals surface area (Å²) in [6.07, 6.45) is 1.49. The monoisotopic (exact) mass is 442 g/mol. The molecule has 2 heterocycles. The SMILES string of the molecule is COc1ccc(NC2=C(c3ccc(Cl)cc3)C(=O)N(Cc3ccco3)C2=O)cc1Cl. The lowest BCUT2D eigenvalue weighted by Gasteiger charge is -2.14. The topological polar surface area (TPSA) is 71.8 Å². The van der Waals surface area contributed by atoms with E-state index in [9.17, 15) is 9.59 Å². The first kappa shape index (κ1) is 20.1. The highest BCUT2D eigenvalue weighted by molar-refractivity contribution is 6.37. The van der Waals surface area contributed by atoms with Crippen LogP contribution in [-0.2, 0) is 16.1 Å². The van der Waals surface area contributed by atoms with Crippen LogP contribution in [0.25, 0.3) is 5.57 Å². The molecule has 1 aliphatic rings. The summed E-state index contributed by atoms with van der Waals surface area (Å²) < 4.78 is 10.5. The quantitative estimate of drug-likeness (QED) is 0.544. The fraction of sp³-hybridized carbons (Fsp3) is 0.0909. The Labute approximate surface area is 182 Å². The molecule has 0 saturated heterocycles. The number of ether oxygens (including phenoxy) is 1. The number of amides is 2. The summed E-state index contributed by atoms with van der Waals surface area (Å²) in [5, 5.41) is 3.95. The molecule has 1 aromatic heterocycles. The number of hydrogen-bond acceptors (Lipinski definition) is 5. The molecule has 0 fully saturated rings. The summed E-state index contributed by atoms with van der Waals surface area (Å²) in [5.74, 6) is 0.109. The van der Waals surface area contributed by atoms with Gasteiger partial charge in [0, 0.05) is 10.7 Å². The van der Waals surface area contributed by atoms with Gasteiger partial charge >= 0.3 is 0 Å². The van der Waals surface area contributed by atoms with E-state index in [-0.39, 0.29) is 17.8 Å². The van der Waals surface area contributed by atoms with Crippen molar-refractivity contribution < 1.29 is 18.7 Å². The Morgan fingerprint density at radius 3 is 2.43 bits per heavy atom. The number of nitrogens with one attached hydrogen (secondary N) is 1. The van der Waals surface area contributed by atoms with Crippen LogP contribution in [0.15, 0.2) is 71.0 Å². The second-order valence-corrected chi connectivity index (χ2v) is 7.35. The van der Waals surface area contributed by atoms with Gasteiger partial charge in [-0.05, 0) is 48.0 Å². The summed E-state index contributed by atoms with van der Waals surface area (Å²) in [7, 11) is 1.52. The van der Waals surface area contributed by atoms with E-state index in [4.69, 9.17) is 32.4 Å². The molecule has 2 aromatic carbocycles. The first-order chi connectivity index (χ1) is 14.5. The minimum atomic E-state index is -0.465. The fourth-order valence-corrected chi connectivity index (χ4v) is 3.55. The molecule has 2 amide bonds. The van der Waals surface area contributed by atoms with Gasteiger partial charge in [-0.3, -0.25) is 14.5 Å². The van der Waals surface area contributed by atoms with E-state index in [0.29, 0.717) is 32.8 Å². The maximum absolute atomic E-state index is 13.2. The highest BCUT2D eigenvalue weighted by Crippen LogP contribution is 2.34. The van der Waals surface area contributed by atoms with Crippen LogP contribution in [0.4, 0.5) is 5.69 Å². The summed E-state index contributed by atoms with van der Waals surface area (Å²) in [6, 6.07) is 15.1. The summed E-state index contributed by atoms with van der Waals surface area (Å²) in [4.78, 5) is 27.5. The van der Waals surface area contributed by atoms with Crippen molar-refractivity contribution in [3.8, 4) is 5.75 Å². The molecule has 4 rings (SSSR count). The smallest absolute Gasteiger partial charge is 0.278 e. The number of rotatable bonds is 6. The Kier molecular flexibility index (Phi) is 5.53. The first-order valence-electron chi connectivity index (χ1n) is 8.97. The molecule has 1 N–H and O–H groups in total. The van der Waals surface area contributed by atoms with Crippen LogP contribution in [0.5, 0.6) is 5.75 Å². The van der Waals surface area contributed by atoms with Gasteiger partial charge < -0.3 is 14.5 Å². The molecular formula is C22H16Cl2N2O4. The lowest BCUT2D eigenvalue weighted by atomic mass is 10.0. The maximum atomic E-state index is 13.2. The van der Waals surface area contributed by atoms with E-state index in [1.807, 2.05) is 0 Å². The van der Waals surface area contributed by atoms with Crippen LogP contribution in [0.1, 0.15) is 11.3 Å². The van der Waals surface area contributed by atoms with Crippen molar-refractivity contribution in [2.24, 2.45) is 0 Å². The number of carbonyl (C=O) groups excluding carboxylic acids is 2. The van der Waals surface area contributed by atoms with Crippen molar-refractivity contribution in [1.29, 1.82) is 0 Å². The lowest BCUT2D eigenvalue weighted by Crippen LogP contribution is -2.31. The van der Waals surface area contributed by atoms with E-state index in [1.165, 1.54) is 13.4 Å². The van der Waals surface area contributed by atoms with Crippen molar-refractivity contribution in [1.82, 2.24) is 4.90 Å². The van der Waals surface area contributed by atoms with Gasteiger partial charge in [0.05, 0.1) is 30.5 Å². The molecule has 0 unspecified atom stereocenters. The summed E-state index contributed by atoms with van der Waals surface area (Å²) in [6.45, 7) is 0.0241. The number of hydrogen-bond donors (Lipinski definition) is 1. The number of halogens is 2. The van der Waals surface area contributed by atoms with Gasteiger partial charge in [0.15, 0.2) is 0 Å². The highest BCUT2D eigenvalue weighted by atomic mass is 35.5. The number of furan rings is 1.